The van der Waals surface area contributed by atoms with Crippen molar-refractivity contribution in [3.63, 3.8) is 0 Å². The van der Waals surface area contributed by atoms with Crippen LogP contribution in [-0.2, 0) is 6.61 Å². The van der Waals surface area contributed by atoms with Crippen LogP contribution in [0.15, 0.2) is 43.1 Å². The summed E-state index contributed by atoms with van der Waals surface area (Å²) in [5.41, 5.74) is 5.32. The second-order valence-electron chi connectivity index (χ2n) is 7.22. The van der Waals surface area contributed by atoms with Crippen LogP contribution in [0.25, 0.3) is 33.3 Å². The van der Waals surface area contributed by atoms with E-state index in [1.54, 1.807) is 44.8 Å². The van der Waals surface area contributed by atoms with E-state index < -0.39 is 0 Å². The molecular weight excluding hydrogens is 382 g/mol. The number of hydrogen-bond donors (Lipinski definition) is 1. The van der Waals surface area contributed by atoms with Crippen molar-refractivity contribution >= 4 is 23.2 Å². The third-order valence-electron chi connectivity index (χ3n) is 5.17. The van der Waals surface area contributed by atoms with Gasteiger partial charge < -0.3 is 14.6 Å². The van der Waals surface area contributed by atoms with Crippen molar-refractivity contribution in [3.05, 3.63) is 59.9 Å². The largest absolute Gasteiger partial charge is 0.486 e. The predicted octanol–water partition coefficient (Wildman–Crippen LogP) is 3.09. The van der Waals surface area contributed by atoms with E-state index in [1.165, 1.54) is 11.1 Å². The number of fused-ring (bicyclic) bond motifs is 2. The summed E-state index contributed by atoms with van der Waals surface area (Å²) in [5.74, 6) is 0.474. The third kappa shape index (κ3) is 2.65. The molecule has 1 aliphatic rings. The molecule has 8 nitrogen and oxygen atoms in total. The fraction of sp³-hybridized carbons (Fsp3) is 0.136. The van der Waals surface area contributed by atoms with E-state index in [0.717, 1.165) is 22.8 Å². The molecule has 30 heavy (non-hydrogen) atoms. The second kappa shape index (κ2) is 6.77. The number of H-pyrrole nitrogens is 1. The third-order valence-corrected chi connectivity index (χ3v) is 5.17. The summed E-state index contributed by atoms with van der Waals surface area (Å²) >= 11 is 0. The molecule has 0 fully saturated rings. The van der Waals surface area contributed by atoms with E-state index >= 15 is 0 Å². The van der Waals surface area contributed by atoms with Gasteiger partial charge in [0.05, 0.1) is 16.6 Å². The Balaban J connectivity index is 1.75. The maximum absolute atomic E-state index is 12.4. The summed E-state index contributed by atoms with van der Waals surface area (Å²) < 4.78 is 6.18. The quantitative estimate of drug-likeness (QED) is 0.531. The normalized spacial score (nSPS) is 12.1. The van der Waals surface area contributed by atoms with Crippen molar-refractivity contribution in [1.82, 2.24) is 24.8 Å². The molecule has 5 rings (SSSR count). The van der Waals surface area contributed by atoms with Crippen LogP contribution >= 0.6 is 0 Å². The van der Waals surface area contributed by atoms with Gasteiger partial charge in [-0.3, -0.25) is 19.6 Å². The Hall–Kier alpha value is -4.07. The van der Waals surface area contributed by atoms with Crippen LogP contribution in [0.5, 0.6) is 5.75 Å². The Kier molecular flexibility index (Phi) is 4.06. The first-order valence-electron chi connectivity index (χ1n) is 9.32. The molecule has 0 aromatic carbocycles. The summed E-state index contributed by atoms with van der Waals surface area (Å²) in [4.78, 5) is 41.9. The number of nitrogens with zero attached hydrogens (tertiary/aromatic N) is 4. The van der Waals surface area contributed by atoms with Gasteiger partial charge in [0.25, 0.3) is 5.91 Å². The number of aromatic nitrogens is 4. The van der Waals surface area contributed by atoms with Crippen LogP contribution in [0.4, 0.5) is 0 Å². The molecule has 0 unspecified atom stereocenters. The van der Waals surface area contributed by atoms with Gasteiger partial charge in [0.15, 0.2) is 6.29 Å². The first-order chi connectivity index (χ1) is 14.6. The van der Waals surface area contributed by atoms with Gasteiger partial charge in [-0.1, -0.05) is 0 Å². The lowest BCUT2D eigenvalue weighted by Crippen LogP contribution is -2.21. The number of carbonyl (C=O) groups is 2. The number of carbonyl (C=O) groups excluding carboxylic acids is 2. The van der Waals surface area contributed by atoms with Gasteiger partial charge in [-0.05, 0) is 12.1 Å². The number of ether oxygens (including phenoxy) is 1. The van der Waals surface area contributed by atoms with Gasteiger partial charge in [0.1, 0.15) is 18.0 Å². The van der Waals surface area contributed by atoms with Gasteiger partial charge in [-0.15, -0.1) is 0 Å². The zero-order valence-corrected chi connectivity index (χ0v) is 16.3. The Bertz CT molecular complexity index is 1330. The average Bonchev–Trinajstić information content (AvgIpc) is 3.12. The summed E-state index contributed by atoms with van der Waals surface area (Å²) in [5, 5.41) is 0.770. The van der Waals surface area contributed by atoms with Crippen LogP contribution in [-0.4, -0.2) is 51.1 Å². The van der Waals surface area contributed by atoms with Crippen molar-refractivity contribution in [1.29, 1.82) is 0 Å². The fourth-order valence-corrected chi connectivity index (χ4v) is 3.76. The SMILES string of the molecule is CN(C)C(=O)c1cncc(-c2cnc3[nH]cc4c3c2OCc2nccc(C=O)c2-4)c1. The topological polar surface area (TPSA) is 101 Å². The smallest absolute Gasteiger partial charge is 0.254 e. The summed E-state index contributed by atoms with van der Waals surface area (Å²) in [6.45, 7) is 0.210. The molecule has 0 atom stereocenters. The molecule has 1 N–H and O–H groups in total. The van der Waals surface area contributed by atoms with Gasteiger partial charge >= 0.3 is 0 Å². The number of aldehydes is 1. The molecule has 0 saturated carbocycles. The highest BCUT2D eigenvalue weighted by Crippen LogP contribution is 2.44. The fourth-order valence-electron chi connectivity index (χ4n) is 3.76. The Morgan fingerprint density at radius 2 is 2.07 bits per heavy atom. The lowest BCUT2D eigenvalue weighted by atomic mass is 9.98. The van der Waals surface area contributed by atoms with E-state index in [2.05, 4.69) is 19.9 Å². The van der Waals surface area contributed by atoms with Gasteiger partial charge in [0.2, 0.25) is 0 Å². The van der Waals surface area contributed by atoms with E-state index in [9.17, 15) is 9.59 Å². The Morgan fingerprint density at radius 1 is 1.20 bits per heavy atom. The second-order valence-corrected chi connectivity index (χ2v) is 7.22. The van der Waals surface area contributed by atoms with Crippen LogP contribution in [0.2, 0.25) is 0 Å². The molecule has 5 heterocycles. The van der Waals surface area contributed by atoms with Crippen molar-refractivity contribution < 1.29 is 14.3 Å². The van der Waals surface area contributed by atoms with Crippen molar-refractivity contribution in [3.8, 4) is 28.0 Å². The standard InChI is InChI=1S/C22H17N5O3/c1-27(2)22(29)14-5-13(6-23-7-14)15-8-25-21-19-16(9-26-21)18-12(10-28)3-4-24-17(18)11-30-20(15)19/h3-10H,11H2,1-2H3,(H,25,26). The van der Waals surface area contributed by atoms with E-state index in [1.807, 2.05) is 6.20 Å². The van der Waals surface area contributed by atoms with Crippen LogP contribution in [0.3, 0.4) is 0 Å². The summed E-state index contributed by atoms with van der Waals surface area (Å²) in [7, 11) is 3.39. The summed E-state index contributed by atoms with van der Waals surface area (Å²) in [6, 6.07) is 3.46. The number of pyridine rings is 3. The molecule has 0 aliphatic carbocycles. The Morgan fingerprint density at radius 3 is 2.87 bits per heavy atom. The minimum atomic E-state index is -0.139. The first-order valence-corrected chi connectivity index (χ1v) is 9.32. The Labute approximate surface area is 171 Å². The molecule has 4 aromatic heterocycles. The first kappa shape index (κ1) is 18.0. The van der Waals surface area contributed by atoms with Crippen molar-refractivity contribution in [2.75, 3.05) is 14.1 Å². The van der Waals surface area contributed by atoms with Gasteiger partial charge in [0, 0.05) is 72.9 Å². The molecule has 1 aliphatic heterocycles. The molecule has 0 bridgehead atoms. The highest BCUT2D eigenvalue weighted by atomic mass is 16.5. The number of rotatable bonds is 3. The minimum Gasteiger partial charge on any atom is -0.486 e. The molecule has 148 valence electrons. The molecule has 4 aromatic rings. The molecule has 1 amide bonds. The number of nitrogens with one attached hydrogen (secondary N) is 1. The molecule has 0 saturated heterocycles. The highest BCUT2D eigenvalue weighted by molar-refractivity contribution is 6.06. The zero-order valence-electron chi connectivity index (χ0n) is 16.3. The monoisotopic (exact) mass is 399 g/mol. The molecular formula is C22H17N5O3. The number of hydrogen-bond acceptors (Lipinski definition) is 6. The maximum atomic E-state index is 12.4. The lowest BCUT2D eigenvalue weighted by molar-refractivity contribution is 0.0827. The van der Waals surface area contributed by atoms with E-state index in [0.29, 0.717) is 39.3 Å². The van der Waals surface area contributed by atoms with E-state index in [4.69, 9.17) is 4.74 Å². The predicted molar refractivity (Wildman–Crippen MR) is 110 cm³/mol. The molecule has 8 heteroatoms. The van der Waals surface area contributed by atoms with Crippen LogP contribution in [0, 0.1) is 0 Å². The number of aromatic amines is 1. The highest BCUT2D eigenvalue weighted by Gasteiger charge is 2.25. The lowest BCUT2D eigenvalue weighted by Gasteiger charge is -2.13. The van der Waals surface area contributed by atoms with Crippen molar-refractivity contribution in [2.45, 2.75) is 6.61 Å². The van der Waals surface area contributed by atoms with Crippen LogP contribution < -0.4 is 4.74 Å². The van der Waals surface area contributed by atoms with Gasteiger partial charge in [-0.2, -0.15) is 0 Å². The maximum Gasteiger partial charge on any atom is 0.254 e. The molecule has 0 spiro atoms. The van der Waals surface area contributed by atoms with Crippen molar-refractivity contribution in [2.24, 2.45) is 0 Å². The molecule has 0 radical (unpaired) electrons. The average molecular weight is 399 g/mol. The zero-order chi connectivity index (χ0) is 20.8. The van der Waals surface area contributed by atoms with E-state index in [-0.39, 0.29) is 12.5 Å². The van der Waals surface area contributed by atoms with Gasteiger partial charge in [-0.25, -0.2) is 4.98 Å². The van der Waals surface area contributed by atoms with Crippen LogP contribution in [0.1, 0.15) is 26.4 Å². The number of amides is 1. The summed E-state index contributed by atoms with van der Waals surface area (Å²) in [6.07, 6.45) is 9.15. The minimum absolute atomic E-state index is 0.139.